The summed E-state index contributed by atoms with van der Waals surface area (Å²) < 4.78 is 52.5. The molecule has 0 fully saturated rings. The van der Waals surface area contributed by atoms with Gasteiger partial charge in [0.2, 0.25) is 0 Å². The van der Waals surface area contributed by atoms with E-state index >= 15 is 0 Å². The molecule has 0 saturated heterocycles. The Balaban J connectivity index is 0.000000717. The van der Waals surface area contributed by atoms with Gasteiger partial charge >= 0.3 is 21.7 Å². The van der Waals surface area contributed by atoms with Crippen molar-refractivity contribution in [3.05, 3.63) is 108 Å². The van der Waals surface area contributed by atoms with Crippen LogP contribution in [0.5, 0.6) is 0 Å². The van der Waals surface area contributed by atoms with E-state index in [1.165, 1.54) is 62.8 Å². The normalized spacial score (nSPS) is 14.6. The van der Waals surface area contributed by atoms with Crippen LogP contribution in [0, 0.1) is 58.4 Å². The van der Waals surface area contributed by atoms with E-state index in [-0.39, 0.29) is 32.5 Å². The Kier molecular flexibility index (Phi) is 25.8. The van der Waals surface area contributed by atoms with Crippen LogP contribution in [0.4, 0.5) is 28.9 Å². The van der Waals surface area contributed by atoms with Crippen LogP contribution in [0.3, 0.4) is 0 Å². The molecule has 49 heavy (non-hydrogen) atoms. The molecule has 2 aliphatic rings. The van der Waals surface area contributed by atoms with Crippen LogP contribution >= 0.6 is 0 Å². The molecule has 2 aromatic carbocycles. The zero-order chi connectivity index (χ0) is 35.7. The second kappa shape index (κ2) is 27.2. The second-order valence-corrected chi connectivity index (χ2v) is 13.0. The Morgan fingerprint density at radius 2 is 1.00 bits per heavy atom. The minimum atomic E-state index is -0.663. The number of nitrogens with one attached hydrogen (secondary N) is 2. The third-order valence-electron chi connectivity index (χ3n) is 8.78. The van der Waals surface area contributed by atoms with Crippen molar-refractivity contribution in [2.45, 2.75) is 119 Å². The third kappa shape index (κ3) is 21.3. The average molecular weight is 715 g/mol. The summed E-state index contributed by atoms with van der Waals surface area (Å²) in [6, 6.07) is 9.42. The van der Waals surface area contributed by atoms with E-state index in [1.807, 2.05) is 36.4 Å². The van der Waals surface area contributed by atoms with Crippen LogP contribution < -0.4 is 10.6 Å². The molecule has 0 saturated carbocycles. The number of benzene rings is 2. The van der Waals surface area contributed by atoms with Crippen molar-refractivity contribution in [2.24, 2.45) is 10.8 Å². The van der Waals surface area contributed by atoms with Gasteiger partial charge in [-0.05, 0) is 47.9 Å². The molecule has 2 atom stereocenters. The number of unbranched alkanes of at least 4 members (excludes halogenated alkanes) is 4. The largest absolute Gasteiger partial charge is 4.00 e. The van der Waals surface area contributed by atoms with E-state index < -0.39 is 23.3 Å². The first-order chi connectivity index (χ1) is 23.0. The minimum Gasteiger partial charge on any atom is -0.434 e. The van der Waals surface area contributed by atoms with Gasteiger partial charge in [-0.2, -0.15) is 12.2 Å². The first-order valence-corrected chi connectivity index (χ1v) is 17.7. The van der Waals surface area contributed by atoms with E-state index in [9.17, 15) is 17.6 Å². The number of halogens is 4. The fourth-order valence-corrected chi connectivity index (χ4v) is 4.84. The summed E-state index contributed by atoms with van der Waals surface area (Å²) in [4.78, 5) is 0. The molecule has 7 heteroatoms. The summed E-state index contributed by atoms with van der Waals surface area (Å²) in [5.74, 6) is -2.62. The van der Waals surface area contributed by atoms with Crippen molar-refractivity contribution in [3.8, 4) is 0 Å². The molecule has 2 N–H and O–H groups in total. The summed E-state index contributed by atoms with van der Waals surface area (Å²) in [6.07, 6.45) is 31.6. The molecule has 2 unspecified atom stereocenters. The molecular weight excluding hydrogens is 656 g/mol. The van der Waals surface area contributed by atoms with E-state index in [4.69, 9.17) is 0 Å². The molecule has 0 bridgehead atoms. The van der Waals surface area contributed by atoms with Crippen molar-refractivity contribution in [2.75, 3.05) is 23.7 Å². The number of rotatable bonds is 16. The number of allylic oxidation sites excluding steroid dienone is 8. The maximum Gasteiger partial charge on any atom is 4.00 e. The van der Waals surface area contributed by atoms with Crippen LogP contribution in [-0.4, -0.2) is 13.1 Å². The third-order valence-corrected chi connectivity index (χ3v) is 8.78. The topological polar surface area (TPSA) is 24.1 Å². The maximum atomic E-state index is 13.5. The summed E-state index contributed by atoms with van der Waals surface area (Å²) in [5, 5.41) is 6.17. The molecule has 0 amide bonds. The van der Waals surface area contributed by atoms with Gasteiger partial charge in [0, 0.05) is 36.4 Å². The molecule has 0 spiro atoms. The van der Waals surface area contributed by atoms with Crippen LogP contribution in [0.25, 0.3) is 0 Å². The van der Waals surface area contributed by atoms with Gasteiger partial charge < -0.3 is 10.6 Å². The Labute approximate surface area is 310 Å². The predicted octanol–water partition coefficient (Wildman–Crippen LogP) is 13.0. The van der Waals surface area contributed by atoms with Crippen LogP contribution in [0.2, 0.25) is 0 Å². The van der Waals surface area contributed by atoms with Crippen LogP contribution in [0.15, 0.2) is 60.7 Å². The minimum absolute atomic E-state index is 0. The van der Waals surface area contributed by atoms with Crippen LogP contribution in [0.1, 0.15) is 119 Å². The zero-order valence-electron chi connectivity index (χ0n) is 30.7. The number of hydrogen-bond acceptors (Lipinski definition) is 2. The van der Waals surface area contributed by atoms with E-state index in [0.717, 1.165) is 38.5 Å². The van der Waals surface area contributed by atoms with E-state index in [0.29, 0.717) is 24.5 Å². The van der Waals surface area contributed by atoms with E-state index in [1.54, 1.807) is 0 Å². The standard InChI is InChI=1S/2C16H24F2N.2C5H5.Ti/c2*1-4-6-7-10-16(3,5-2)12-19-15-9-8-13(17)11-14(15)18;2*1-2-4-5-3-1;/h2*8-9,19H,4-7,10,12H2,1-3H3;2*1-3H,4H2;/q4*-1;+4. The van der Waals surface area contributed by atoms with Gasteiger partial charge in [-0.3, -0.25) is 12.2 Å². The van der Waals surface area contributed by atoms with Gasteiger partial charge in [-0.15, -0.1) is 49.2 Å². The summed E-state index contributed by atoms with van der Waals surface area (Å²) in [7, 11) is 0. The Hall–Kier alpha value is -2.57. The van der Waals surface area contributed by atoms with Gasteiger partial charge in [-0.25, -0.2) is 41.9 Å². The maximum absolute atomic E-state index is 13.5. The fraction of sp³-hybridized carbons (Fsp3) is 0.524. The fourth-order valence-electron chi connectivity index (χ4n) is 4.84. The van der Waals surface area contributed by atoms with Gasteiger partial charge in [0.25, 0.3) is 0 Å². The molecular formula is C42H58F4N2Ti. The molecule has 0 aliphatic heterocycles. The molecule has 0 heterocycles. The summed E-state index contributed by atoms with van der Waals surface area (Å²) >= 11 is 0. The molecule has 2 nitrogen and oxygen atoms in total. The van der Waals surface area contributed by atoms with Gasteiger partial charge in [0.1, 0.15) is 0 Å². The SMILES string of the molecule is CCCCCC(C)(CC)CNc1ccc(F)[c-]c1F.CCCCCC(C)(CC)CNc1ccc(F)[c-]c1F.[C-]1=CC=CC1.[C-]1=CC=CC1.[Ti+4]. The van der Waals surface area contributed by atoms with Crippen molar-refractivity contribution >= 4 is 11.4 Å². The summed E-state index contributed by atoms with van der Waals surface area (Å²) in [6.45, 7) is 14.5. The molecule has 2 aliphatic carbocycles. The molecule has 0 aromatic heterocycles. The van der Waals surface area contributed by atoms with E-state index in [2.05, 4.69) is 76.5 Å². The number of hydrogen-bond donors (Lipinski definition) is 2. The summed E-state index contributed by atoms with van der Waals surface area (Å²) in [5.41, 5.74) is 0.958. The molecule has 268 valence electrons. The van der Waals surface area contributed by atoms with Gasteiger partial charge in [0.15, 0.2) is 0 Å². The van der Waals surface area contributed by atoms with Gasteiger partial charge in [0.05, 0.1) is 0 Å². The van der Waals surface area contributed by atoms with Crippen LogP contribution in [-0.2, 0) is 21.7 Å². The first-order valence-electron chi connectivity index (χ1n) is 17.7. The van der Waals surface area contributed by atoms with Crippen molar-refractivity contribution in [1.29, 1.82) is 0 Å². The Morgan fingerprint density at radius 3 is 1.24 bits per heavy atom. The smallest absolute Gasteiger partial charge is 0.434 e. The monoisotopic (exact) mass is 714 g/mol. The quantitative estimate of drug-likeness (QED) is 0.0783. The molecule has 4 rings (SSSR count). The van der Waals surface area contributed by atoms with Crippen molar-refractivity contribution < 1.29 is 39.3 Å². The first kappa shape index (κ1) is 46.4. The molecule has 0 radical (unpaired) electrons. The number of anilines is 2. The molecule has 2 aromatic rings. The zero-order valence-corrected chi connectivity index (χ0v) is 32.2. The average Bonchev–Trinajstić information content (AvgIpc) is 3.85. The van der Waals surface area contributed by atoms with Gasteiger partial charge in [-0.1, -0.05) is 80.1 Å². The Morgan fingerprint density at radius 1 is 0.612 bits per heavy atom. The second-order valence-electron chi connectivity index (χ2n) is 13.0. The predicted molar refractivity (Wildman–Crippen MR) is 196 cm³/mol. The Bertz CT molecular complexity index is 1160. The van der Waals surface area contributed by atoms with Crippen molar-refractivity contribution in [3.63, 3.8) is 0 Å². The van der Waals surface area contributed by atoms with Crippen molar-refractivity contribution in [1.82, 2.24) is 0 Å².